The second kappa shape index (κ2) is 6.62. The summed E-state index contributed by atoms with van der Waals surface area (Å²) in [6, 6.07) is 14.1. The molecular formula is C28H28. The molecule has 4 aliphatic rings. The Hall–Kier alpha value is -2.34. The first-order valence-corrected chi connectivity index (χ1v) is 11.1. The van der Waals surface area contributed by atoms with Crippen molar-refractivity contribution in [2.75, 3.05) is 0 Å². The summed E-state index contributed by atoms with van der Waals surface area (Å²) in [4.78, 5) is 0. The lowest BCUT2D eigenvalue weighted by Gasteiger charge is -2.20. The van der Waals surface area contributed by atoms with Crippen LogP contribution in [0, 0.1) is 23.7 Å². The molecule has 0 radical (unpaired) electrons. The molecule has 0 N–H and O–H groups in total. The first-order valence-electron chi connectivity index (χ1n) is 11.1. The lowest BCUT2D eigenvalue weighted by molar-refractivity contribution is 0.552. The van der Waals surface area contributed by atoms with E-state index in [1.807, 2.05) is 0 Å². The molecule has 0 aliphatic heterocycles. The van der Waals surface area contributed by atoms with Crippen LogP contribution in [-0.4, -0.2) is 0 Å². The Kier molecular flexibility index (Phi) is 3.93. The van der Waals surface area contributed by atoms with Gasteiger partial charge < -0.3 is 0 Å². The van der Waals surface area contributed by atoms with E-state index in [0.717, 1.165) is 23.7 Å². The summed E-state index contributed by atoms with van der Waals surface area (Å²) in [5, 5.41) is 3.02. The number of benzene rings is 2. The fourth-order valence-corrected chi connectivity index (χ4v) is 6.51. The Morgan fingerprint density at radius 2 is 0.893 bits per heavy atom. The molecule has 4 atom stereocenters. The van der Waals surface area contributed by atoms with Crippen LogP contribution >= 0.6 is 0 Å². The van der Waals surface area contributed by atoms with E-state index in [1.54, 1.807) is 16.5 Å². The Labute approximate surface area is 168 Å². The van der Waals surface area contributed by atoms with E-state index in [0.29, 0.717) is 11.8 Å². The van der Waals surface area contributed by atoms with E-state index in [1.165, 1.54) is 31.1 Å². The minimum Gasteiger partial charge on any atom is -0.0808 e. The normalized spacial score (nSPS) is 35.4. The van der Waals surface area contributed by atoms with Crippen LogP contribution in [0.2, 0.25) is 0 Å². The number of allylic oxidation sites excluding steroid dienone is 8. The minimum atomic E-state index is 0.690. The van der Waals surface area contributed by atoms with Gasteiger partial charge in [-0.2, -0.15) is 0 Å². The molecule has 0 bridgehead atoms. The van der Waals surface area contributed by atoms with E-state index in [9.17, 15) is 0 Å². The molecule has 2 aromatic rings. The van der Waals surface area contributed by atoms with Crippen molar-refractivity contribution >= 4 is 10.8 Å². The van der Waals surface area contributed by atoms with Gasteiger partial charge in [0.15, 0.2) is 0 Å². The summed E-state index contributed by atoms with van der Waals surface area (Å²) in [5.41, 5.74) is 3.23. The summed E-state index contributed by atoms with van der Waals surface area (Å²) >= 11 is 0. The fraction of sp³-hybridized carbons (Fsp3) is 0.357. The molecule has 4 unspecified atom stereocenters. The zero-order valence-electron chi connectivity index (χ0n) is 16.4. The molecule has 4 aliphatic carbocycles. The zero-order valence-corrected chi connectivity index (χ0v) is 16.4. The molecule has 0 heterocycles. The number of hydrogen-bond acceptors (Lipinski definition) is 0. The molecule has 0 amide bonds. The maximum Gasteiger partial charge on any atom is -0.0114 e. The van der Waals surface area contributed by atoms with E-state index >= 15 is 0 Å². The average Bonchev–Trinajstić information content (AvgIpc) is 3.37. The molecule has 2 aromatic carbocycles. The summed E-state index contributed by atoms with van der Waals surface area (Å²) in [6.07, 6.45) is 24.0. The van der Waals surface area contributed by atoms with Gasteiger partial charge in [0.2, 0.25) is 0 Å². The third-order valence-electron chi connectivity index (χ3n) is 7.83. The van der Waals surface area contributed by atoms with E-state index in [-0.39, 0.29) is 0 Å². The largest absolute Gasteiger partial charge is 0.0808 e. The third kappa shape index (κ3) is 2.65. The predicted molar refractivity (Wildman–Crippen MR) is 118 cm³/mol. The van der Waals surface area contributed by atoms with Crippen LogP contribution in [0.15, 0.2) is 85.0 Å². The maximum atomic E-state index is 2.44. The number of hydrogen-bond donors (Lipinski definition) is 0. The topological polar surface area (TPSA) is 0 Å². The highest BCUT2D eigenvalue weighted by atomic mass is 14.4. The highest BCUT2D eigenvalue weighted by Gasteiger charge is 2.36. The van der Waals surface area contributed by atoms with Crippen LogP contribution in [0.1, 0.15) is 48.6 Å². The van der Waals surface area contributed by atoms with E-state index < -0.39 is 0 Å². The first-order chi connectivity index (χ1) is 13.9. The maximum absolute atomic E-state index is 2.44. The van der Waals surface area contributed by atoms with Crippen LogP contribution in [-0.2, 0) is 0 Å². The first kappa shape index (κ1) is 16.6. The number of fused-ring (bicyclic) bond motifs is 3. The standard InChI is InChI=1S/C28H28/c1-2-8-21-16-24(15-20(21)7-1)26-13-5-11-19-12-6-14-27(28(19)26)25-17-22-9-3-4-10-23(22)18-25/h1-14,20-25H,15-18H2. The third-order valence-corrected chi connectivity index (χ3v) is 7.83. The van der Waals surface area contributed by atoms with Gasteiger partial charge in [0, 0.05) is 0 Å². The Morgan fingerprint density at radius 1 is 0.500 bits per heavy atom. The summed E-state index contributed by atoms with van der Waals surface area (Å²) in [5.74, 6) is 4.33. The minimum absolute atomic E-state index is 0.690. The van der Waals surface area contributed by atoms with Crippen molar-refractivity contribution in [2.45, 2.75) is 37.5 Å². The van der Waals surface area contributed by atoms with Crippen molar-refractivity contribution in [3.05, 3.63) is 96.1 Å². The van der Waals surface area contributed by atoms with Crippen molar-refractivity contribution < 1.29 is 0 Å². The number of rotatable bonds is 2. The van der Waals surface area contributed by atoms with Crippen molar-refractivity contribution in [2.24, 2.45) is 23.7 Å². The molecule has 0 heteroatoms. The van der Waals surface area contributed by atoms with E-state index in [2.05, 4.69) is 85.0 Å². The van der Waals surface area contributed by atoms with Gasteiger partial charge in [0.1, 0.15) is 0 Å². The van der Waals surface area contributed by atoms with Crippen molar-refractivity contribution in [1.29, 1.82) is 0 Å². The van der Waals surface area contributed by atoms with Crippen LogP contribution < -0.4 is 0 Å². The van der Waals surface area contributed by atoms with Gasteiger partial charge in [-0.1, -0.05) is 85.0 Å². The Balaban J connectivity index is 1.42. The molecule has 0 spiro atoms. The van der Waals surface area contributed by atoms with Gasteiger partial charge in [0.05, 0.1) is 0 Å². The van der Waals surface area contributed by atoms with Gasteiger partial charge in [-0.3, -0.25) is 0 Å². The van der Waals surface area contributed by atoms with Gasteiger partial charge in [-0.15, -0.1) is 0 Å². The Morgan fingerprint density at radius 3 is 1.29 bits per heavy atom. The van der Waals surface area contributed by atoms with Gasteiger partial charge in [-0.25, -0.2) is 0 Å². The molecule has 140 valence electrons. The van der Waals surface area contributed by atoms with Gasteiger partial charge in [0.25, 0.3) is 0 Å². The molecule has 2 saturated carbocycles. The molecule has 0 aromatic heterocycles. The second-order valence-corrected chi connectivity index (χ2v) is 9.32. The Bertz CT molecular complexity index is 899. The molecule has 28 heavy (non-hydrogen) atoms. The zero-order chi connectivity index (χ0) is 18.5. The van der Waals surface area contributed by atoms with Crippen LogP contribution in [0.4, 0.5) is 0 Å². The summed E-state index contributed by atoms with van der Waals surface area (Å²) < 4.78 is 0. The van der Waals surface area contributed by atoms with Crippen LogP contribution in [0.25, 0.3) is 10.8 Å². The lowest BCUT2D eigenvalue weighted by Crippen LogP contribution is -2.03. The smallest absolute Gasteiger partial charge is 0.0114 e. The quantitative estimate of drug-likeness (QED) is 0.524. The van der Waals surface area contributed by atoms with Crippen molar-refractivity contribution in [3.8, 4) is 0 Å². The molecule has 0 nitrogen and oxygen atoms in total. The average molecular weight is 365 g/mol. The fourth-order valence-electron chi connectivity index (χ4n) is 6.51. The highest BCUT2D eigenvalue weighted by Crippen LogP contribution is 2.50. The second-order valence-electron chi connectivity index (χ2n) is 9.32. The van der Waals surface area contributed by atoms with Crippen molar-refractivity contribution in [1.82, 2.24) is 0 Å². The molecular weight excluding hydrogens is 336 g/mol. The monoisotopic (exact) mass is 364 g/mol. The van der Waals surface area contributed by atoms with E-state index in [4.69, 9.17) is 0 Å². The lowest BCUT2D eigenvalue weighted by atomic mass is 9.84. The van der Waals surface area contributed by atoms with Crippen LogP contribution in [0.3, 0.4) is 0 Å². The van der Waals surface area contributed by atoms with Gasteiger partial charge in [-0.05, 0) is 83.1 Å². The molecule has 6 rings (SSSR count). The molecule has 2 fully saturated rings. The summed E-state index contributed by atoms with van der Waals surface area (Å²) in [7, 11) is 0. The molecule has 0 saturated heterocycles. The SMILES string of the molecule is C1=CC2CC(c3cccc4cccc(C5CC6C=CC=CC6C5)c34)CC2C=C1. The van der Waals surface area contributed by atoms with Crippen molar-refractivity contribution in [3.63, 3.8) is 0 Å². The highest BCUT2D eigenvalue weighted by molar-refractivity contribution is 5.90. The predicted octanol–water partition coefficient (Wildman–Crippen LogP) is 7.31. The summed E-state index contributed by atoms with van der Waals surface area (Å²) in [6.45, 7) is 0. The van der Waals surface area contributed by atoms with Crippen LogP contribution in [0.5, 0.6) is 0 Å². The van der Waals surface area contributed by atoms with Gasteiger partial charge >= 0.3 is 0 Å².